The van der Waals surface area contributed by atoms with Crippen LogP contribution in [0.25, 0.3) is 0 Å². The molecule has 0 radical (unpaired) electrons. The van der Waals surface area contributed by atoms with E-state index in [0.717, 1.165) is 25.7 Å². The highest BCUT2D eigenvalue weighted by molar-refractivity contribution is 4.69. The minimum absolute atomic E-state index is 0.335. The van der Waals surface area contributed by atoms with E-state index in [4.69, 9.17) is 10.2 Å². The Morgan fingerprint density at radius 2 is 0.667 bits per heavy atom. The summed E-state index contributed by atoms with van der Waals surface area (Å²) in [4.78, 5) is 0. The van der Waals surface area contributed by atoms with Gasteiger partial charge in [-0.05, 0) is 49.4 Å². The van der Waals surface area contributed by atoms with Gasteiger partial charge in [-0.25, -0.2) is 0 Å². The molecule has 0 aliphatic heterocycles. The normalized spacial score (nSPS) is 12.8. The molecule has 0 amide bonds. The summed E-state index contributed by atoms with van der Waals surface area (Å²) in [6, 6.07) is 0. The van der Waals surface area contributed by atoms with Crippen molar-refractivity contribution in [2.45, 2.75) is 118 Å². The number of aliphatic hydroxyl groups is 2. The van der Waals surface area contributed by atoms with Gasteiger partial charge in [0.05, 0.1) is 0 Å². The van der Waals surface area contributed by atoms with Crippen molar-refractivity contribution in [2.75, 3.05) is 13.2 Å². The summed E-state index contributed by atoms with van der Waals surface area (Å²) in [6.45, 7) is 10.0. The maximum absolute atomic E-state index is 8.93. The van der Waals surface area contributed by atoms with Crippen molar-refractivity contribution < 1.29 is 10.2 Å². The molecule has 0 aromatic carbocycles. The van der Waals surface area contributed by atoms with Crippen molar-refractivity contribution in [1.82, 2.24) is 0 Å². The van der Waals surface area contributed by atoms with Crippen LogP contribution in [0.5, 0.6) is 0 Å². The van der Waals surface area contributed by atoms with Crippen LogP contribution in [0, 0.1) is 10.8 Å². The fourth-order valence-electron chi connectivity index (χ4n) is 3.63. The predicted molar refractivity (Wildman–Crippen MR) is 106 cm³/mol. The highest BCUT2D eigenvalue weighted by Gasteiger charge is 2.17. The van der Waals surface area contributed by atoms with Gasteiger partial charge in [0.25, 0.3) is 0 Å². The van der Waals surface area contributed by atoms with Crippen LogP contribution >= 0.6 is 0 Å². The summed E-state index contributed by atoms with van der Waals surface area (Å²) in [5.74, 6) is 0. The van der Waals surface area contributed by atoms with Crippen LogP contribution in [0.15, 0.2) is 0 Å². The van der Waals surface area contributed by atoms with E-state index in [0.29, 0.717) is 24.0 Å². The zero-order valence-corrected chi connectivity index (χ0v) is 17.2. The first-order chi connectivity index (χ1) is 11.3. The summed E-state index contributed by atoms with van der Waals surface area (Å²) in [5.41, 5.74) is 0.817. The van der Waals surface area contributed by atoms with E-state index in [2.05, 4.69) is 27.7 Å². The van der Waals surface area contributed by atoms with E-state index < -0.39 is 0 Å². The molecule has 0 aliphatic rings. The largest absolute Gasteiger partial charge is 0.396 e. The van der Waals surface area contributed by atoms with Crippen LogP contribution in [-0.4, -0.2) is 23.4 Å². The van der Waals surface area contributed by atoms with Crippen LogP contribution in [0.2, 0.25) is 0 Å². The zero-order chi connectivity index (χ0) is 18.3. The Morgan fingerprint density at radius 3 is 0.958 bits per heavy atom. The molecule has 0 atom stereocenters. The Labute approximate surface area is 152 Å². The fourth-order valence-corrected chi connectivity index (χ4v) is 3.63. The third-order valence-electron chi connectivity index (χ3n) is 5.48. The lowest BCUT2D eigenvalue weighted by molar-refractivity contribution is 0.227. The van der Waals surface area contributed by atoms with Gasteiger partial charge in [-0.2, -0.15) is 0 Å². The summed E-state index contributed by atoms with van der Waals surface area (Å²) in [5, 5.41) is 17.9. The Balaban J connectivity index is 3.39. The number of hydrogen-bond donors (Lipinski definition) is 2. The molecular formula is C22H46O2. The summed E-state index contributed by atoms with van der Waals surface area (Å²) < 4.78 is 0. The van der Waals surface area contributed by atoms with Crippen molar-refractivity contribution in [1.29, 1.82) is 0 Å². The smallest absolute Gasteiger partial charge is 0.0431 e. The molecule has 0 spiro atoms. The molecule has 146 valence electrons. The van der Waals surface area contributed by atoms with Crippen molar-refractivity contribution >= 4 is 0 Å². The summed E-state index contributed by atoms with van der Waals surface area (Å²) >= 11 is 0. The summed E-state index contributed by atoms with van der Waals surface area (Å²) in [6.07, 6.45) is 17.8. The van der Waals surface area contributed by atoms with Gasteiger partial charge in [0.2, 0.25) is 0 Å². The van der Waals surface area contributed by atoms with E-state index in [9.17, 15) is 0 Å². The number of hydrogen-bond acceptors (Lipinski definition) is 2. The SMILES string of the molecule is CC(C)(CCCO)CCCCCCCCCCC(C)(C)CCCO. The topological polar surface area (TPSA) is 40.5 Å². The van der Waals surface area contributed by atoms with Crippen LogP contribution in [0.3, 0.4) is 0 Å². The Kier molecular flexibility index (Phi) is 14.1. The van der Waals surface area contributed by atoms with E-state index >= 15 is 0 Å². The average molecular weight is 343 g/mol. The Hall–Kier alpha value is -0.0800. The maximum Gasteiger partial charge on any atom is 0.0431 e. The molecular weight excluding hydrogens is 296 g/mol. The Morgan fingerprint density at radius 1 is 0.417 bits per heavy atom. The molecule has 24 heavy (non-hydrogen) atoms. The lowest BCUT2D eigenvalue weighted by atomic mass is 9.82. The average Bonchev–Trinajstić information content (AvgIpc) is 2.53. The molecule has 2 heteroatoms. The van der Waals surface area contributed by atoms with Gasteiger partial charge in [0.15, 0.2) is 0 Å². The molecule has 0 unspecified atom stereocenters. The van der Waals surface area contributed by atoms with Gasteiger partial charge >= 0.3 is 0 Å². The van der Waals surface area contributed by atoms with Crippen LogP contribution in [-0.2, 0) is 0 Å². The zero-order valence-electron chi connectivity index (χ0n) is 17.2. The molecule has 0 saturated carbocycles. The molecule has 0 aromatic heterocycles. The lowest BCUT2D eigenvalue weighted by Gasteiger charge is -2.24. The third kappa shape index (κ3) is 15.4. The van der Waals surface area contributed by atoms with Gasteiger partial charge < -0.3 is 10.2 Å². The first-order valence-electron chi connectivity index (χ1n) is 10.5. The quantitative estimate of drug-likeness (QED) is 0.297. The molecule has 0 heterocycles. The molecule has 0 aliphatic carbocycles. The minimum Gasteiger partial charge on any atom is -0.396 e. The van der Waals surface area contributed by atoms with Crippen molar-refractivity contribution in [3.05, 3.63) is 0 Å². The Bertz CT molecular complexity index is 243. The monoisotopic (exact) mass is 342 g/mol. The highest BCUT2D eigenvalue weighted by atomic mass is 16.3. The number of rotatable bonds is 17. The van der Waals surface area contributed by atoms with E-state index in [1.54, 1.807) is 0 Å². The van der Waals surface area contributed by atoms with Crippen molar-refractivity contribution in [3.63, 3.8) is 0 Å². The van der Waals surface area contributed by atoms with Gasteiger partial charge in [-0.15, -0.1) is 0 Å². The van der Waals surface area contributed by atoms with Crippen LogP contribution < -0.4 is 0 Å². The third-order valence-corrected chi connectivity index (χ3v) is 5.48. The van der Waals surface area contributed by atoms with Crippen molar-refractivity contribution in [3.8, 4) is 0 Å². The van der Waals surface area contributed by atoms with Gasteiger partial charge in [-0.1, -0.05) is 79.1 Å². The second-order valence-corrected chi connectivity index (χ2v) is 9.31. The maximum atomic E-state index is 8.93. The van der Waals surface area contributed by atoms with Crippen molar-refractivity contribution in [2.24, 2.45) is 10.8 Å². The molecule has 0 bridgehead atoms. The molecule has 0 aromatic rings. The van der Waals surface area contributed by atoms with E-state index in [1.807, 2.05) is 0 Å². The summed E-state index contributed by atoms with van der Waals surface area (Å²) in [7, 11) is 0. The van der Waals surface area contributed by atoms with Crippen LogP contribution in [0.1, 0.15) is 118 Å². The number of unbranched alkanes of at least 4 members (excludes halogenated alkanes) is 7. The van der Waals surface area contributed by atoms with E-state index in [1.165, 1.54) is 64.2 Å². The second-order valence-electron chi connectivity index (χ2n) is 9.31. The lowest BCUT2D eigenvalue weighted by Crippen LogP contribution is -2.11. The van der Waals surface area contributed by atoms with E-state index in [-0.39, 0.29) is 0 Å². The first-order valence-corrected chi connectivity index (χ1v) is 10.5. The van der Waals surface area contributed by atoms with Gasteiger partial charge in [0, 0.05) is 13.2 Å². The molecule has 2 nitrogen and oxygen atoms in total. The number of aliphatic hydroxyl groups excluding tert-OH is 2. The molecule has 2 N–H and O–H groups in total. The van der Waals surface area contributed by atoms with Gasteiger partial charge in [0.1, 0.15) is 0 Å². The second kappa shape index (κ2) is 14.1. The standard InChI is InChI=1S/C22H46O2/c1-21(2,17-13-19-23)15-11-9-7-5-6-8-10-12-16-22(3,4)18-14-20-24/h23-24H,5-20H2,1-4H3. The van der Waals surface area contributed by atoms with Gasteiger partial charge in [-0.3, -0.25) is 0 Å². The fraction of sp³-hybridized carbons (Fsp3) is 1.00. The first kappa shape index (κ1) is 23.9. The predicted octanol–water partition coefficient (Wildman–Crippen LogP) is 6.48. The molecule has 0 saturated heterocycles. The molecule has 0 rings (SSSR count). The minimum atomic E-state index is 0.335. The highest BCUT2D eigenvalue weighted by Crippen LogP contribution is 2.30. The molecule has 0 fully saturated rings. The van der Waals surface area contributed by atoms with Crippen LogP contribution in [0.4, 0.5) is 0 Å².